The third-order valence-corrected chi connectivity index (χ3v) is 5.95. The number of ether oxygens (including phenoxy) is 1. The fourth-order valence-corrected chi connectivity index (χ4v) is 3.60. The van der Waals surface area contributed by atoms with Gasteiger partial charge in [-0.1, -0.05) is 54.1 Å². The molecule has 0 aliphatic carbocycles. The van der Waals surface area contributed by atoms with Crippen LogP contribution in [0.3, 0.4) is 0 Å². The van der Waals surface area contributed by atoms with Crippen LogP contribution in [0.5, 0.6) is 0 Å². The largest absolute Gasteiger partial charge is 0.444 e. The van der Waals surface area contributed by atoms with Crippen LogP contribution in [0.4, 0.5) is 5.69 Å². The maximum atomic E-state index is 12.9. The van der Waals surface area contributed by atoms with Crippen LogP contribution in [0.2, 0.25) is 0 Å². The van der Waals surface area contributed by atoms with E-state index in [1.807, 2.05) is 19.1 Å². The summed E-state index contributed by atoms with van der Waals surface area (Å²) in [6.07, 6.45) is -1.22. The van der Waals surface area contributed by atoms with Gasteiger partial charge in [0.15, 0.2) is 0 Å². The van der Waals surface area contributed by atoms with Gasteiger partial charge in [0.25, 0.3) is 5.91 Å². The first kappa shape index (κ1) is 22.2. The summed E-state index contributed by atoms with van der Waals surface area (Å²) in [5.74, 6) is -1.34. The highest BCUT2D eigenvalue weighted by Gasteiger charge is 2.26. The van der Waals surface area contributed by atoms with Crippen molar-refractivity contribution < 1.29 is 22.7 Å². The number of esters is 1. The van der Waals surface area contributed by atoms with Gasteiger partial charge < -0.3 is 10.1 Å². The van der Waals surface area contributed by atoms with Gasteiger partial charge in [-0.15, -0.1) is 0 Å². The van der Waals surface area contributed by atoms with Crippen molar-refractivity contribution in [1.82, 2.24) is 4.72 Å². The summed E-state index contributed by atoms with van der Waals surface area (Å²) in [4.78, 5) is 25.6. The summed E-state index contributed by atoms with van der Waals surface area (Å²) >= 11 is 0. The van der Waals surface area contributed by atoms with Crippen LogP contribution in [0.1, 0.15) is 27.6 Å². The van der Waals surface area contributed by atoms with E-state index in [2.05, 4.69) is 10.0 Å². The van der Waals surface area contributed by atoms with E-state index in [1.165, 1.54) is 31.3 Å². The molecule has 0 spiro atoms. The number of amides is 1. The van der Waals surface area contributed by atoms with E-state index in [-0.39, 0.29) is 10.5 Å². The normalized spacial score (nSPS) is 12.1. The number of hydrogen-bond acceptors (Lipinski definition) is 5. The molecular formula is C23H22N2O5S. The molecule has 0 saturated heterocycles. The van der Waals surface area contributed by atoms with E-state index in [9.17, 15) is 18.0 Å². The van der Waals surface area contributed by atoms with E-state index >= 15 is 0 Å². The van der Waals surface area contributed by atoms with Crippen molar-refractivity contribution in [3.63, 3.8) is 0 Å². The van der Waals surface area contributed by atoms with Crippen molar-refractivity contribution >= 4 is 27.6 Å². The van der Waals surface area contributed by atoms with Gasteiger partial charge in [-0.25, -0.2) is 17.9 Å². The van der Waals surface area contributed by atoms with Gasteiger partial charge in [-0.05, 0) is 44.3 Å². The van der Waals surface area contributed by atoms with E-state index in [4.69, 9.17) is 4.74 Å². The minimum absolute atomic E-state index is 0.0143. The number of benzene rings is 3. The summed E-state index contributed by atoms with van der Waals surface area (Å²) in [6, 6.07) is 21.2. The molecule has 0 radical (unpaired) electrons. The van der Waals surface area contributed by atoms with Crippen LogP contribution in [0, 0.1) is 6.92 Å². The van der Waals surface area contributed by atoms with Gasteiger partial charge in [0.2, 0.25) is 16.1 Å². The van der Waals surface area contributed by atoms with E-state index in [0.29, 0.717) is 11.3 Å². The molecule has 3 aromatic rings. The Morgan fingerprint density at radius 1 is 0.903 bits per heavy atom. The summed E-state index contributed by atoms with van der Waals surface area (Å²) < 4.78 is 31.8. The molecule has 0 heterocycles. The van der Waals surface area contributed by atoms with Crippen LogP contribution < -0.4 is 10.0 Å². The molecule has 0 fully saturated rings. The van der Waals surface area contributed by atoms with Crippen LogP contribution in [0.25, 0.3) is 0 Å². The van der Waals surface area contributed by atoms with Crippen molar-refractivity contribution in [3.05, 3.63) is 95.6 Å². The predicted octanol–water partition coefficient (Wildman–Crippen LogP) is 3.44. The van der Waals surface area contributed by atoms with Crippen molar-refractivity contribution in [2.75, 3.05) is 12.4 Å². The topological polar surface area (TPSA) is 102 Å². The molecule has 0 unspecified atom stereocenters. The van der Waals surface area contributed by atoms with Gasteiger partial charge in [0.05, 0.1) is 10.5 Å². The number of rotatable bonds is 7. The second kappa shape index (κ2) is 9.55. The summed E-state index contributed by atoms with van der Waals surface area (Å²) in [5.41, 5.74) is 2.11. The number of sulfonamides is 1. The van der Waals surface area contributed by atoms with Gasteiger partial charge in [0, 0.05) is 11.3 Å². The van der Waals surface area contributed by atoms with E-state index in [1.54, 1.807) is 42.5 Å². The highest BCUT2D eigenvalue weighted by Crippen LogP contribution is 2.23. The van der Waals surface area contributed by atoms with Crippen molar-refractivity contribution in [3.8, 4) is 0 Å². The molecule has 7 nitrogen and oxygen atoms in total. The maximum absolute atomic E-state index is 12.9. The summed E-state index contributed by atoms with van der Waals surface area (Å²) in [7, 11) is -2.45. The van der Waals surface area contributed by atoms with Crippen LogP contribution in [-0.4, -0.2) is 27.3 Å². The Morgan fingerprint density at radius 2 is 1.58 bits per heavy atom. The van der Waals surface area contributed by atoms with Gasteiger partial charge in [0.1, 0.15) is 0 Å². The Morgan fingerprint density at radius 3 is 2.23 bits per heavy atom. The Kier molecular flexibility index (Phi) is 6.84. The highest BCUT2D eigenvalue weighted by molar-refractivity contribution is 7.89. The summed E-state index contributed by atoms with van der Waals surface area (Å²) in [5, 5.41) is 2.75. The smallest absolute Gasteiger partial charge is 0.339 e. The van der Waals surface area contributed by atoms with Gasteiger partial charge in [-0.2, -0.15) is 0 Å². The van der Waals surface area contributed by atoms with E-state index < -0.39 is 28.0 Å². The molecule has 0 aliphatic rings. The zero-order chi connectivity index (χ0) is 22.4. The fraction of sp³-hybridized carbons (Fsp3) is 0.130. The molecular weight excluding hydrogens is 416 g/mol. The average Bonchev–Trinajstić information content (AvgIpc) is 2.79. The Bertz CT molecular complexity index is 1180. The van der Waals surface area contributed by atoms with Crippen LogP contribution >= 0.6 is 0 Å². The molecule has 8 heteroatoms. The third-order valence-electron chi connectivity index (χ3n) is 4.53. The molecule has 1 amide bonds. The predicted molar refractivity (Wildman–Crippen MR) is 117 cm³/mol. The Balaban J connectivity index is 1.87. The lowest BCUT2D eigenvalue weighted by molar-refractivity contribution is -0.125. The second-order valence-corrected chi connectivity index (χ2v) is 8.67. The second-order valence-electron chi connectivity index (χ2n) is 6.79. The number of anilines is 1. The van der Waals surface area contributed by atoms with E-state index in [0.717, 1.165) is 5.56 Å². The Labute approximate surface area is 181 Å². The molecule has 3 aromatic carbocycles. The van der Waals surface area contributed by atoms with Crippen LogP contribution in [-0.2, 0) is 19.6 Å². The fourth-order valence-electron chi connectivity index (χ4n) is 2.83. The first-order valence-corrected chi connectivity index (χ1v) is 11.0. The SMILES string of the molecule is CNS(=O)(=O)c1cccc(C(=O)O[C@@H](C(=O)Nc2ccc(C)cc2)c2ccccc2)c1. The quantitative estimate of drug-likeness (QED) is 0.550. The van der Waals surface area contributed by atoms with Crippen molar-refractivity contribution in [1.29, 1.82) is 0 Å². The number of carbonyl (C=O) groups excluding carboxylic acids is 2. The lowest BCUT2D eigenvalue weighted by atomic mass is 10.1. The molecule has 2 N–H and O–H groups in total. The zero-order valence-electron chi connectivity index (χ0n) is 17.0. The molecule has 0 saturated carbocycles. The first-order valence-electron chi connectivity index (χ1n) is 9.47. The highest BCUT2D eigenvalue weighted by atomic mass is 32.2. The first-order chi connectivity index (χ1) is 14.8. The monoisotopic (exact) mass is 438 g/mol. The molecule has 0 aliphatic heterocycles. The van der Waals surface area contributed by atoms with Crippen molar-refractivity contribution in [2.24, 2.45) is 0 Å². The zero-order valence-corrected chi connectivity index (χ0v) is 17.8. The molecule has 160 valence electrons. The number of aryl methyl sites for hydroxylation is 1. The molecule has 31 heavy (non-hydrogen) atoms. The van der Waals surface area contributed by atoms with Gasteiger partial charge in [-0.3, -0.25) is 4.79 Å². The molecule has 3 rings (SSSR count). The lowest BCUT2D eigenvalue weighted by Crippen LogP contribution is -2.26. The Hall–Kier alpha value is -3.49. The van der Waals surface area contributed by atoms with Crippen molar-refractivity contribution in [2.45, 2.75) is 17.9 Å². The lowest BCUT2D eigenvalue weighted by Gasteiger charge is -2.18. The number of nitrogens with one attached hydrogen (secondary N) is 2. The standard InChI is InChI=1S/C23H22N2O5S/c1-16-11-13-19(14-12-16)25-22(26)21(17-7-4-3-5-8-17)30-23(27)18-9-6-10-20(15-18)31(28,29)24-2/h3-15,21,24H,1-2H3,(H,25,26)/t21-/m1/s1. The maximum Gasteiger partial charge on any atom is 0.339 e. The molecule has 1 atom stereocenters. The molecule has 0 bridgehead atoms. The third kappa shape index (κ3) is 5.56. The summed E-state index contributed by atoms with van der Waals surface area (Å²) in [6.45, 7) is 1.93. The minimum Gasteiger partial charge on any atom is -0.444 e. The number of hydrogen-bond donors (Lipinski definition) is 2. The minimum atomic E-state index is -3.73. The number of carbonyl (C=O) groups is 2. The van der Waals surface area contributed by atoms with Crippen LogP contribution in [0.15, 0.2) is 83.8 Å². The average molecular weight is 439 g/mol. The molecule has 0 aromatic heterocycles. The van der Waals surface area contributed by atoms with Gasteiger partial charge >= 0.3 is 5.97 Å².